The summed E-state index contributed by atoms with van der Waals surface area (Å²) in [6.07, 6.45) is 3.75. The highest BCUT2D eigenvalue weighted by Crippen LogP contribution is 2.62. The predicted molar refractivity (Wildman–Crippen MR) is 82.9 cm³/mol. The van der Waals surface area contributed by atoms with E-state index in [-0.39, 0.29) is 34.8 Å². The molecule has 0 saturated heterocycles. The van der Waals surface area contributed by atoms with E-state index < -0.39 is 0 Å². The molecule has 20 heavy (non-hydrogen) atoms. The lowest BCUT2D eigenvalue weighted by atomic mass is 9.48. The van der Waals surface area contributed by atoms with Gasteiger partial charge in [-0.25, -0.2) is 4.39 Å². The maximum absolute atomic E-state index is 14.2. The summed E-state index contributed by atoms with van der Waals surface area (Å²) in [6, 6.07) is 5.28. The van der Waals surface area contributed by atoms with Crippen molar-refractivity contribution in [3.05, 3.63) is 34.6 Å². The molecule has 112 valence electrons. The summed E-state index contributed by atoms with van der Waals surface area (Å²) >= 11 is 5.89. The van der Waals surface area contributed by atoms with E-state index in [1.54, 1.807) is 6.07 Å². The average Bonchev–Trinajstić information content (AvgIpc) is 2.27. The predicted octanol–water partition coefficient (Wildman–Crippen LogP) is 3.78. The maximum Gasteiger partial charge on any atom is 0.146 e. The Morgan fingerprint density at radius 2 is 2.10 bits per heavy atom. The van der Waals surface area contributed by atoms with E-state index >= 15 is 0 Å². The van der Waals surface area contributed by atoms with Crippen LogP contribution in [0.3, 0.4) is 0 Å². The van der Waals surface area contributed by atoms with E-state index in [4.69, 9.17) is 17.3 Å². The van der Waals surface area contributed by atoms with Crippen molar-refractivity contribution in [1.82, 2.24) is 4.90 Å². The van der Waals surface area contributed by atoms with Gasteiger partial charge in [0.15, 0.2) is 0 Å². The van der Waals surface area contributed by atoms with Gasteiger partial charge in [0.1, 0.15) is 5.82 Å². The SMILES string of the molecule is CC(c1cccc(Cl)c1F)N(CCN)C12CC(C1)C2.Cl. The maximum atomic E-state index is 14.2. The number of rotatable bonds is 5. The summed E-state index contributed by atoms with van der Waals surface area (Å²) in [7, 11) is 0. The Labute approximate surface area is 130 Å². The van der Waals surface area contributed by atoms with Gasteiger partial charge in [0.2, 0.25) is 0 Å². The lowest BCUT2D eigenvalue weighted by Crippen LogP contribution is -2.69. The molecule has 3 aliphatic rings. The highest BCUT2D eigenvalue weighted by molar-refractivity contribution is 6.30. The highest BCUT2D eigenvalue weighted by Gasteiger charge is 2.60. The quantitative estimate of drug-likeness (QED) is 0.895. The summed E-state index contributed by atoms with van der Waals surface area (Å²) in [5, 5.41) is 0.203. The van der Waals surface area contributed by atoms with Gasteiger partial charge >= 0.3 is 0 Å². The average molecular weight is 319 g/mol. The first-order valence-corrected chi connectivity index (χ1v) is 7.36. The molecule has 2 bridgehead atoms. The third-order valence-electron chi connectivity index (χ3n) is 4.88. The Bertz CT molecular complexity index is 478. The number of hydrogen-bond donors (Lipinski definition) is 1. The van der Waals surface area contributed by atoms with Crippen LogP contribution in [0.15, 0.2) is 18.2 Å². The second kappa shape index (κ2) is 5.80. The Hall–Kier alpha value is -0.350. The van der Waals surface area contributed by atoms with E-state index in [0.29, 0.717) is 12.1 Å². The number of hydrogen-bond acceptors (Lipinski definition) is 2. The van der Waals surface area contributed by atoms with Gasteiger partial charge in [-0.05, 0) is 38.2 Å². The topological polar surface area (TPSA) is 29.3 Å². The van der Waals surface area contributed by atoms with Gasteiger partial charge in [0, 0.05) is 30.2 Å². The molecule has 1 unspecified atom stereocenters. The fourth-order valence-corrected chi connectivity index (χ4v) is 3.96. The summed E-state index contributed by atoms with van der Waals surface area (Å²) in [4.78, 5) is 2.39. The van der Waals surface area contributed by atoms with Crippen LogP contribution in [0, 0.1) is 11.7 Å². The molecular weight excluding hydrogens is 298 g/mol. The van der Waals surface area contributed by atoms with E-state index in [1.165, 1.54) is 19.3 Å². The highest BCUT2D eigenvalue weighted by atomic mass is 35.5. The van der Waals surface area contributed by atoms with E-state index in [9.17, 15) is 4.39 Å². The summed E-state index contributed by atoms with van der Waals surface area (Å²) < 4.78 is 14.2. The van der Waals surface area contributed by atoms with Gasteiger partial charge in [0.25, 0.3) is 0 Å². The Balaban J connectivity index is 0.00000147. The third kappa shape index (κ3) is 2.35. The first kappa shape index (κ1) is 16.0. The zero-order valence-corrected chi connectivity index (χ0v) is 13.2. The van der Waals surface area contributed by atoms with Gasteiger partial charge in [-0.2, -0.15) is 0 Å². The van der Waals surface area contributed by atoms with Crippen LogP contribution in [0.25, 0.3) is 0 Å². The van der Waals surface area contributed by atoms with Crippen molar-refractivity contribution in [3.8, 4) is 0 Å². The molecule has 0 aliphatic heterocycles. The molecule has 1 aromatic rings. The molecule has 3 aliphatic carbocycles. The van der Waals surface area contributed by atoms with Crippen LogP contribution >= 0.6 is 24.0 Å². The van der Waals surface area contributed by atoms with Gasteiger partial charge < -0.3 is 5.73 Å². The van der Waals surface area contributed by atoms with E-state index in [0.717, 1.165) is 12.5 Å². The minimum Gasteiger partial charge on any atom is -0.329 e. The molecule has 5 heteroatoms. The second-order valence-electron chi connectivity index (χ2n) is 6.00. The minimum absolute atomic E-state index is 0. The Morgan fingerprint density at radius 3 is 2.60 bits per heavy atom. The molecule has 0 spiro atoms. The number of nitrogens with two attached hydrogens (primary N) is 1. The van der Waals surface area contributed by atoms with Gasteiger partial charge in [-0.15, -0.1) is 12.4 Å². The molecule has 0 heterocycles. The molecule has 2 N–H and O–H groups in total. The van der Waals surface area contributed by atoms with Gasteiger partial charge in [0.05, 0.1) is 5.02 Å². The van der Waals surface area contributed by atoms with Crippen molar-refractivity contribution < 1.29 is 4.39 Å². The molecule has 3 saturated carbocycles. The lowest BCUT2D eigenvalue weighted by Gasteiger charge is -2.68. The molecule has 4 rings (SSSR count). The van der Waals surface area contributed by atoms with Crippen molar-refractivity contribution in [2.75, 3.05) is 13.1 Å². The normalized spacial score (nSPS) is 28.4. The lowest BCUT2D eigenvalue weighted by molar-refractivity contribution is -0.158. The minimum atomic E-state index is -0.287. The summed E-state index contributed by atoms with van der Waals surface area (Å²) in [5.41, 5.74) is 6.72. The Kier molecular flexibility index (Phi) is 4.65. The summed E-state index contributed by atoms with van der Waals surface area (Å²) in [6.45, 7) is 3.49. The van der Waals surface area contributed by atoms with Crippen molar-refractivity contribution in [2.24, 2.45) is 11.7 Å². The van der Waals surface area contributed by atoms with E-state index in [1.807, 2.05) is 12.1 Å². The van der Waals surface area contributed by atoms with Crippen LogP contribution in [0.5, 0.6) is 0 Å². The smallest absolute Gasteiger partial charge is 0.146 e. The van der Waals surface area contributed by atoms with Crippen LogP contribution in [0.2, 0.25) is 5.02 Å². The Morgan fingerprint density at radius 1 is 1.45 bits per heavy atom. The van der Waals surface area contributed by atoms with Crippen molar-refractivity contribution in [3.63, 3.8) is 0 Å². The van der Waals surface area contributed by atoms with Crippen molar-refractivity contribution in [2.45, 2.75) is 37.8 Å². The molecular formula is C15H21Cl2FN2. The fourth-order valence-electron chi connectivity index (χ4n) is 3.78. The van der Waals surface area contributed by atoms with Crippen LogP contribution in [0.4, 0.5) is 4.39 Å². The molecule has 0 radical (unpaired) electrons. The molecule has 0 amide bonds. The van der Waals surface area contributed by atoms with Crippen LogP contribution in [-0.4, -0.2) is 23.5 Å². The van der Waals surface area contributed by atoms with Crippen molar-refractivity contribution in [1.29, 1.82) is 0 Å². The largest absolute Gasteiger partial charge is 0.329 e. The fraction of sp³-hybridized carbons (Fsp3) is 0.600. The van der Waals surface area contributed by atoms with Gasteiger partial charge in [-0.3, -0.25) is 4.90 Å². The first-order valence-electron chi connectivity index (χ1n) is 6.98. The van der Waals surface area contributed by atoms with Gasteiger partial charge in [-0.1, -0.05) is 23.7 Å². The summed E-state index contributed by atoms with van der Waals surface area (Å²) in [5.74, 6) is 0.613. The standard InChI is InChI=1S/C15H20ClFN2.ClH/c1-10(12-3-2-4-13(16)14(12)17)19(6-5-18)15-7-11(8-15)9-15;/h2-4,10-11H,5-9,18H2,1H3;1H. The van der Waals surface area contributed by atoms with Crippen molar-refractivity contribution >= 4 is 24.0 Å². The second-order valence-corrected chi connectivity index (χ2v) is 6.41. The first-order chi connectivity index (χ1) is 9.07. The number of halogens is 3. The van der Waals surface area contributed by atoms with Crippen LogP contribution in [-0.2, 0) is 0 Å². The number of benzene rings is 1. The molecule has 1 atom stereocenters. The molecule has 1 aromatic carbocycles. The van der Waals surface area contributed by atoms with Crippen LogP contribution < -0.4 is 5.73 Å². The van der Waals surface area contributed by atoms with E-state index in [2.05, 4.69) is 11.8 Å². The number of nitrogens with zero attached hydrogens (tertiary/aromatic N) is 1. The van der Waals surface area contributed by atoms with Crippen LogP contribution in [0.1, 0.15) is 37.8 Å². The third-order valence-corrected chi connectivity index (χ3v) is 5.18. The zero-order valence-electron chi connectivity index (χ0n) is 11.6. The molecule has 0 aromatic heterocycles. The molecule has 2 nitrogen and oxygen atoms in total. The molecule has 3 fully saturated rings. The monoisotopic (exact) mass is 318 g/mol. The zero-order chi connectivity index (χ0) is 13.6.